The van der Waals surface area contributed by atoms with Gasteiger partial charge in [-0.1, -0.05) is 44.2 Å². The van der Waals surface area contributed by atoms with Crippen LogP contribution in [-0.4, -0.2) is 18.2 Å². The van der Waals surface area contributed by atoms with Crippen LogP contribution in [0, 0.1) is 5.82 Å². The van der Waals surface area contributed by atoms with Crippen molar-refractivity contribution in [2.24, 2.45) is 0 Å². The molecule has 108 valence electrons. The molecule has 1 aromatic carbocycles. The number of halogens is 2. The number of amides is 1. The predicted octanol–water partition coefficient (Wildman–Crippen LogP) is 3.98. The molecule has 0 spiro atoms. The quantitative estimate of drug-likeness (QED) is 0.588. The first-order chi connectivity index (χ1) is 9.57. The summed E-state index contributed by atoms with van der Waals surface area (Å²) in [6, 6.07) is 2.50. The topological polar surface area (TPSA) is 37.4 Å². The number of unbranched alkanes of at least 4 members (excludes halogenated alkanes) is 4. The number of fused-ring (bicyclic) bond motifs is 1. The van der Waals surface area contributed by atoms with Crippen LogP contribution in [0.4, 0.5) is 10.1 Å². The minimum Gasteiger partial charge on any atom is -0.302 e. The van der Waals surface area contributed by atoms with Crippen LogP contribution < -0.4 is 4.90 Å². The largest absolute Gasteiger partial charge is 0.302 e. The average molecular weight is 298 g/mol. The van der Waals surface area contributed by atoms with Crippen LogP contribution in [0.1, 0.15) is 49.4 Å². The van der Waals surface area contributed by atoms with E-state index in [1.807, 2.05) is 0 Å². The summed E-state index contributed by atoms with van der Waals surface area (Å²) in [5.41, 5.74) is 0.0493. The molecule has 1 heterocycles. The van der Waals surface area contributed by atoms with Crippen molar-refractivity contribution in [1.82, 2.24) is 0 Å². The summed E-state index contributed by atoms with van der Waals surface area (Å²) in [7, 11) is 0. The highest BCUT2D eigenvalue weighted by atomic mass is 35.5. The van der Waals surface area contributed by atoms with E-state index in [1.165, 1.54) is 17.0 Å². The third-order valence-electron chi connectivity index (χ3n) is 3.50. The van der Waals surface area contributed by atoms with Crippen molar-refractivity contribution in [2.75, 3.05) is 11.4 Å². The van der Waals surface area contributed by atoms with Gasteiger partial charge in [0.25, 0.3) is 11.7 Å². The minimum atomic E-state index is -0.710. The summed E-state index contributed by atoms with van der Waals surface area (Å²) in [4.78, 5) is 25.0. The van der Waals surface area contributed by atoms with E-state index in [-0.39, 0.29) is 16.3 Å². The maximum Gasteiger partial charge on any atom is 0.299 e. The Balaban J connectivity index is 2.14. The van der Waals surface area contributed by atoms with Crippen LogP contribution in [0.15, 0.2) is 12.1 Å². The van der Waals surface area contributed by atoms with Gasteiger partial charge in [0.15, 0.2) is 0 Å². The molecule has 1 aliphatic rings. The zero-order chi connectivity index (χ0) is 14.7. The Morgan fingerprint density at radius 3 is 2.55 bits per heavy atom. The fourth-order valence-corrected chi connectivity index (χ4v) is 2.68. The van der Waals surface area contributed by atoms with Gasteiger partial charge in [0.05, 0.1) is 16.3 Å². The van der Waals surface area contributed by atoms with Gasteiger partial charge in [0.1, 0.15) is 5.82 Å². The van der Waals surface area contributed by atoms with E-state index in [2.05, 4.69) is 6.92 Å². The number of hydrogen-bond donors (Lipinski definition) is 0. The molecule has 0 aromatic heterocycles. The van der Waals surface area contributed by atoms with E-state index in [1.54, 1.807) is 0 Å². The minimum absolute atomic E-state index is 0.00484. The molecule has 2 rings (SSSR count). The Kier molecular flexibility index (Phi) is 4.76. The second kappa shape index (κ2) is 6.35. The first-order valence-corrected chi connectivity index (χ1v) is 7.30. The Bertz CT molecular complexity index is 545. The number of carbonyl (C=O) groups excluding carboxylic acids is 2. The molecule has 1 amide bonds. The monoisotopic (exact) mass is 297 g/mol. The molecule has 0 saturated heterocycles. The zero-order valence-electron chi connectivity index (χ0n) is 11.4. The maximum atomic E-state index is 13.9. The van der Waals surface area contributed by atoms with Gasteiger partial charge in [0.2, 0.25) is 0 Å². The van der Waals surface area contributed by atoms with Crippen LogP contribution in [-0.2, 0) is 4.79 Å². The number of ketones is 1. The van der Waals surface area contributed by atoms with E-state index in [0.717, 1.165) is 32.1 Å². The predicted molar refractivity (Wildman–Crippen MR) is 76.9 cm³/mol. The maximum absolute atomic E-state index is 13.9. The summed E-state index contributed by atoms with van der Waals surface area (Å²) in [6.07, 6.45) is 5.07. The average Bonchev–Trinajstić information content (AvgIpc) is 2.68. The van der Waals surface area contributed by atoms with Crippen molar-refractivity contribution in [2.45, 2.75) is 39.0 Å². The van der Waals surface area contributed by atoms with Gasteiger partial charge in [-0.05, 0) is 18.6 Å². The molecule has 0 aliphatic carbocycles. The lowest BCUT2D eigenvalue weighted by atomic mass is 10.1. The van der Waals surface area contributed by atoms with Crippen molar-refractivity contribution in [3.8, 4) is 0 Å². The molecular formula is C15H17ClFNO2. The lowest BCUT2D eigenvalue weighted by Crippen LogP contribution is -2.31. The lowest BCUT2D eigenvalue weighted by Gasteiger charge is -2.17. The van der Waals surface area contributed by atoms with Gasteiger partial charge in [-0.25, -0.2) is 4.39 Å². The van der Waals surface area contributed by atoms with Gasteiger partial charge in [-0.15, -0.1) is 0 Å². The van der Waals surface area contributed by atoms with E-state index >= 15 is 0 Å². The first-order valence-electron chi connectivity index (χ1n) is 6.92. The molecule has 3 nitrogen and oxygen atoms in total. The summed E-state index contributed by atoms with van der Waals surface area (Å²) < 4.78 is 13.9. The van der Waals surface area contributed by atoms with Gasteiger partial charge in [-0.3, -0.25) is 9.59 Å². The highest BCUT2D eigenvalue weighted by Crippen LogP contribution is 2.36. The second-order valence-corrected chi connectivity index (χ2v) is 5.36. The lowest BCUT2D eigenvalue weighted by molar-refractivity contribution is -0.114. The molecule has 0 fully saturated rings. The van der Waals surface area contributed by atoms with Crippen molar-refractivity contribution in [3.05, 3.63) is 28.5 Å². The molecule has 1 aromatic rings. The normalized spacial score (nSPS) is 14.1. The Morgan fingerprint density at radius 1 is 1.15 bits per heavy atom. The molecule has 20 heavy (non-hydrogen) atoms. The van der Waals surface area contributed by atoms with Crippen molar-refractivity contribution >= 4 is 29.0 Å². The van der Waals surface area contributed by atoms with E-state index in [9.17, 15) is 14.0 Å². The summed E-state index contributed by atoms with van der Waals surface area (Å²) in [5.74, 6) is -1.96. The van der Waals surface area contributed by atoms with Gasteiger partial charge in [-0.2, -0.15) is 0 Å². The highest BCUT2D eigenvalue weighted by molar-refractivity contribution is 6.55. The third-order valence-corrected chi connectivity index (χ3v) is 3.81. The Morgan fingerprint density at radius 2 is 1.85 bits per heavy atom. The zero-order valence-corrected chi connectivity index (χ0v) is 12.2. The van der Waals surface area contributed by atoms with Gasteiger partial charge >= 0.3 is 0 Å². The smallest absolute Gasteiger partial charge is 0.299 e. The third kappa shape index (κ3) is 2.70. The molecule has 5 heteroatoms. The number of rotatable bonds is 6. The molecule has 1 aliphatic heterocycles. The molecule has 0 unspecified atom stereocenters. The Labute approximate surface area is 122 Å². The van der Waals surface area contributed by atoms with Crippen molar-refractivity contribution < 1.29 is 14.0 Å². The highest BCUT2D eigenvalue weighted by Gasteiger charge is 2.39. The molecule has 0 atom stereocenters. The molecule has 0 bridgehead atoms. The van der Waals surface area contributed by atoms with Gasteiger partial charge < -0.3 is 4.90 Å². The second-order valence-electron chi connectivity index (χ2n) is 4.95. The number of carbonyl (C=O) groups is 2. The van der Waals surface area contributed by atoms with Crippen molar-refractivity contribution in [1.29, 1.82) is 0 Å². The summed E-state index contributed by atoms with van der Waals surface area (Å²) in [5, 5.41) is 0.133. The number of nitrogens with zero attached hydrogens (tertiary/aromatic N) is 1. The van der Waals surface area contributed by atoms with Crippen molar-refractivity contribution in [3.63, 3.8) is 0 Å². The number of hydrogen-bond acceptors (Lipinski definition) is 2. The van der Waals surface area contributed by atoms with Crippen LogP contribution in [0.5, 0.6) is 0 Å². The van der Waals surface area contributed by atoms with E-state index < -0.39 is 17.5 Å². The van der Waals surface area contributed by atoms with E-state index in [0.29, 0.717) is 6.54 Å². The molecule has 0 N–H and O–H groups in total. The molecular weight excluding hydrogens is 281 g/mol. The van der Waals surface area contributed by atoms with Crippen LogP contribution >= 0.6 is 11.6 Å². The first kappa shape index (κ1) is 15.0. The molecule has 0 radical (unpaired) electrons. The number of benzene rings is 1. The standard InChI is InChI=1S/C15H17ClFNO2/c1-2-3-4-5-6-9-18-13-11(17)8-7-10(16)12(13)14(19)15(18)20/h7-8H,2-6,9H2,1H3. The van der Waals surface area contributed by atoms with Crippen LogP contribution in [0.25, 0.3) is 0 Å². The van der Waals surface area contributed by atoms with Crippen LogP contribution in [0.2, 0.25) is 5.02 Å². The van der Waals surface area contributed by atoms with Crippen LogP contribution in [0.3, 0.4) is 0 Å². The van der Waals surface area contributed by atoms with Gasteiger partial charge in [0, 0.05) is 6.54 Å². The SMILES string of the molecule is CCCCCCCN1C(=O)C(=O)c2c(Cl)ccc(F)c21. The number of anilines is 1. The molecule has 0 saturated carbocycles. The van der Waals surface area contributed by atoms with E-state index in [4.69, 9.17) is 11.6 Å². The fourth-order valence-electron chi connectivity index (χ4n) is 2.44. The number of Topliss-reactive ketones (excluding diaryl/α,β-unsaturated/α-hetero) is 1. The Hall–Kier alpha value is -1.42. The summed E-state index contributed by atoms with van der Waals surface area (Å²) >= 11 is 5.90. The summed E-state index contributed by atoms with van der Waals surface area (Å²) in [6.45, 7) is 2.48. The fraction of sp³-hybridized carbons (Fsp3) is 0.467.